The Morgan fingerprint density at radius 2 is 1.64 bits per heavy atom. The predicted molar refractivity (Wildman–Crippen MR) is 108 cm³/mol. The highest BCUT2D eigenvalue weighted by Crippen LogP contribution is 2.30. The van der Waals surface area contributed by atoms with Gasteiger partial charge in [0.05, 0.1) is 12.2 Å². The normalized spacial score (nSPS) is 11.0. The maximum absolute atomic E-state index is 12.2. The van der Waals surface area contributed by atoms with Gasteiger partial charge in [-0.25, -0.2) is 4.79 Å². The van der Waals surface area contributed by atoms with Crippen molar-refractivity contribution < 1.29 is 23.8 Å². The summed E-state index contributed by atoms with van der Waals surface area (Å²) in [6.07, 6.45) is 0. The van der Waals surface area contributed by atoms with Crippen molar-refractivity contribution in [1.82, 2.24) is 0 Å². The molecule has 0 aliphatic heterocycles. The van der Waals surface area contributed by atoms with Crippen LogP contribution in [0.2, 0.25) is 0 Å². The Bertz CT molecular complexity index is 793. The minimum atomic E-state index is -0.433. The summed E-state index contributed by atoms with van der Waals surface area (Å²) in [4.78, 5) is 24.0. The van der Waals surface area contributed by atoms with Crippen molar-refractivity contribution in [2.45, 2.75) is 26.2 Å². The SMILES string of the molecule is COCCOC(=O)c1ccc(NC(=O)COc2ccccc2C(C)(C)C)cc1. The van der Waals surface area contributed by atoms with Crippen molar-refractivity contribution in [2.24, 2.45) is 0 Å². The van der Waals surface area contributed by atoms with Crippen LogP contribution in [0.1, 0.15) is 36.7 Å². The molecule has 0 heterocycles. The zero-order chi connectivity index (χ0) is 20.6. The van der Waals surface area contributed by atoms with Crippen LogP contribution in [0, 0.1) is 0 Å². The number of rotatable bonds is 8. The number of hydrogen-bond donors (Lipinski definition) is 1. The van der Waals surface area contributed by atoms with Crippen LogP contribution in [-0.2, 0) is 19.7 Å². The van der Waals surface area contributed by atoms with Crippen LogP contribution >= 0.6 is 0 Å². The molecule has 150 valence electrons. The minimum absolute atomic E-state index is 0.0826. The zero-order valence-corrected chi connectivity index (χ0v) is 16.8. The van der Waals surface area contributed by atoms with E-state index in [0.717, 1.165) is 5.56 Å². The molecule has 1 amide bonds. The Morgan fingerprint density at radius 1 is 0.964 bits per heavy atom. The van der Waals surface area contributed by atoms with Crippen LogP contribution in [0.15, 0.2) is 48.5 Å². The highest BCUT2D eigenvalue weighted by atomic mass is 16.6. The van der Waals surface area contributed by atoms with Gasteiger partial charge in [0.15, 0.2) is 6.61 Å². The van der Waals surface area contributed by atoms with Crippen LogP contribution in [0.5, 0.6) is 5.75 Å². The van der Waals surface area contributed by atoms with Gasteiger partial charge in [0.2, 0.25) is 0 Å². The van der Waals surface area contributed by atoms with Gasteiger partial charge in [-0.05, 0) is 41.3 Å². The fourth-order valence-corrected chi connectivity index (χ4v) is 2.54. The van der Waals surface area contributed by atoms with E-state index in [1.807, 2.05) is 24.3 Å². The molecule has 6 nitrogen and oxygen atoms in total. The van der Waals surface area contributed by atoms with Gasteiger partial charge in [-0.3, -0.25) is 4.79 Å². The zero-order valence-electron chi connectivity index (χ0n) is 16.8. The summed E-state index contributed by atoms with van der Waals surface area (Å²) in [5.74, 6) is -0.0181. The third-order valence-corrected chi connectivity index (χ3v) is 3.98. The molecule has 0 unspecified atom stereocenters. The molecular formula is C22H27NO5. The average Bonchev–Trinajstić information content (AvgIpc) is 2.66. The largest absolute Gasteiger partial charge is 0.483 e. The van der Waals surface area contributed by atoms with Crippen molar-refractivity contribution >= 4 is 17.6 Å². The molecule has 0 saturated carbocycles. The first kappa shape index (κ1) is 21.4. The number of methoxy groups -OCH3 is 1. The lowest BCUT2D eigenvalue weighted by atomic mass is 9.86. The quantitative estimate of drug-likeness (QED) is 0.553. The van der Waals surface area contributed by atoms with Crippen LogP contribution in [0.25, 0.3) is 0 Å². The predicted octanol–water partition coefficient (Wildman–Crippen LogP) is 3.80. The lowest BCUT2D eigenvalue weighted by Crippen LogP contribution is -2.22. The molecule has 0 aliphatic carbocycles. The van der Waals surface area contributed by atoms with Gasteiger partial charge in [0, 0.05) is 12.8 Å². The molecule has 0 aliphatic rings. The van der Waals surface area contributed by atoms with Gasteiger partial charge in [0.1, 0.15) is 12.4 Å². The summed E-state index contributed by atoms with van der Waals surface area (Å²) in [5, 5.41) is 2.75. The maximum Gasteiger partial charge on any atom is 0.338 e. The average molecular weight is 385 g/mol. The number of hydrogen-bond acceptors (Lipinski definition) is 5. The fourth-order valence-electron chi connectivity index (χ4n) is 2.54. The minimum Gasteiger partial charge on any atom is -0.483 e. The standard InChI is InChI=1S/C22H27NO5/c1-22(2,3)18-7-5-6-8-19(18)28-15-20(24)23-17-11-9-16(10-12-17)21(25)27-14-13-26-4/h5-12H,13-15H2,1-4H3,(H,23,24). The molecule has 0 bridgehead atoms. The summed E-state index contributed by atoms with van der Waals surface area (Å²) in [7, 11) is 1.54. The fraction of sp³-hybridized carbons (Fsp3) is 0.364. The van der Waals surface area contributed by atoms with E-state index < -0.39 is 5.97 Å². The second kappa shape index (κ2) is 9.90. The van der Waals surface area contributed by atoms with Crippen molar-refractivity contribution in [3.63, 3.8) is 0 Å². The number of anilines is 1. The molecule has 1 N–H and O–H groups in total. The van der Waals surface area contributed by atoms with E-state index in [2.05, 4.69) is 26.1 Å². The van der Waals surface area contributed by atoms with Gasteiger partial charge in [-0.15, -0.1) is 0 Å². The molecule has 2 aromatic rings. The summed E-state index contributed by atoms with van der Waals surface area (Å²) >= 11 is 0. The van der Waals surface area contributed by atoms with Crippen LogP contribution < -0.4 is 10.1 Å². The molecule has 0 spiro atoms. The van der Waals surface area contributed by atoms with E-state index >= 15 is 0 Å². The van der Waals surface area contributed by atoms with E-state index in [1.165, 1.54) is 7.11 Å². The van der Waals surface area contributed by atoms with E-state index in [9.17, 15) is 9.59 Å². The first-order chi connectivity index (χ1) is 13.3. The molecule has 0 radical (unpaired) electrons. The van der Waals surface area contributed by atoms with E-state index in [1.54, 1.807) is 24.3 Å². The first-order valence-corrected chi connectivity index (χ1v) is 9.09. The van der Waals surface area contributed by atoms with Gasteiger partial charge >= 0.3 is 5.97 Å². The number of esters is 1. The number of carbonyl (C=O) groups is 2. The monoisotopic (exact) mass is 385 g/mol. The van der Waals surface area contributed by atoms with Crippen LogP contribution in [0.4, 0.5) is 5.69 Å². The Balaban J connectivity index is 1.89. The Kier molecular flexibility index (Phi) is 7.58. The van der Waals surface area contributed by atoms with E-state index in [4.69, 9.17) is 14.2 Å². The molecule has 2 aromatic carbocycles. The summed E-state index contributed by atoms with van der Waals surface area (Å²) in [5.41, 5.74) is 1.94. The van der Waals surface area contributed by atoms with Crippen molar-refractivity contribution in [1.29, 1.82) is 0 Å². The van der Waals surface area contributed by atoms with E-state index in [0.29, 0.717) is 23.6 Å². The maximum atomic E-state index is 12.2. The van der Waals surface area contributed by atoms with Gasteiger partial charge in [-0.1, -0.05) is 39.0 Å². The molecule has 6 heteroatoms. The third-order valence-electron chi connectivity index (χ3n) is 3.98. The Labute approximate surface area is 165 Å². The lowest BCUT2D eigenvalue weighted by molar-refractivity contribution is -0.118. The third kappa shape index (κ3) is 6.39. The summed E-state index contributed by atoms with van der Waals surface area (Å²) < 4.78 is 15.6. The number of carbonyl (C=O) groups excluding carboxylic acids is 2. The molecule has 28 heavy (non-hydrogen) atoms. The highest BCUT2D eigenvalue weighted by Gasteiger charge is 2.19. The molecule has 0 saturated heterocycles. The number of nitrogens with one attached hydrogen (secondary N) is 1. The molecule has 0 fully saturated rings. The van der Waals surface area contributed by atoms with Crippen LogP contribution in [-0.4, -0.2) is 38.8 Å². The second-order valence-corrected chi connectivity index (χ2v) is 7.29. The van der Waals surface area contributed by atoms with E-state index in [-0.39, 0.29) is 24.5 Å². The van der Waals surface area contributed by atoms with Crippen molar-refractivity contribution in [3.8, 4) is 5.75 Å². The second-order valence-electron chi connectivity index (χ2n) is 7.29. The number of benzene rings is 2. The van der Waals surface area contributed by atoms with Crippen LogP contribution in [0.3, 0.4) is 0 Å². The van der Waals surface area contributed by atoms with Crippen molar-refractivity contribution in [3.05, 3.63) is 59.7 Å². The molecule has 2 rings (SSSR count). The topological polar surface area (TPSA) is 73.9 Å². The summed E-state index contributed by atoms with van der Waals surface area (Å²) in [6.45, 7) is 6.72. The first-order valence-electron chi connectivity index (χ1n) is 9.09. The van der Waals surface area contributed by atoms with Gasteiger partial charge < -0.3 is 19.5 Å². The molecule has 0 aromatic heterocycles. The van der Waals surface area contributed by atoms with Crippen molar-refractivity contribution in [2.75, 3.05) is 32.2 Å². The Morgan fingerprint density at radius 3 is 2.29 bits per heavy atom. The number of amides is 1. The highest BCUT2D eigenvalue weighted by molar-refractivity contribution is 5.93. The lowest BCUT2D eigenvalue weighted by Gasteiger charge is -2.22. The molecular weight excluding hydrogens is 358 g/mol. The number of ether oxygens (including phenoxy) is 3. The molecule has 0 atom stereocenters. The van der Waals surface area contributed by atoms with Gasteiger partial charge in [0.25, 0.3) is 5.91 Å². The number of para-hydroxylation sites is 1. The Hall–Kier alpha value is -2.86. The van der Waals surface area contributed by atoms with Gasteiger partial charge in [-0.2, -0.15) is 0 Å². The summed E-state index contributed by atoms with van der Waals surface area (Å²) in [6, 6.07) is 14.2. The smallest absolute Gasteiger partial charge is 0.338 e.